The monoisotopic (exact) mass is 444 g/mol. The number of benzene rings is 2. The van der Waals surface area contributed by atoms with Crippen LogP contribution in [0.1, 0.15) is 32.1 Å². The van der Waals surface area contributed by atoms with E-state index in [1.807, 2.05) is 30.1 Å². The smallest absolute Gasteiger partial charge is 0.336 e. The van der Waals surface area contributed by atoms with Crippen molar-refractivity contribution >= 4 is 38.7 Å². The highest BCUT2D eigenvalue weighted by atomic mass is 32.2. The molecule has 0 radical (unpaired) electrons. The Morgan fingerprint density at radius 2 is 1.73 bits per heavy atom. The van der Waals surface area contributed by atoms with Crippen molar-refractivity contribution in [3.8, 4) is 0 Å². The molecule has 1 heterocycles. The van der Waals surface area contributed by atoms with Gasteiger partial charge in [0.2, 0.25) is 5.91 Å². The second kappa shape index (κ2) is 8.81. The standard InChI is InChI=1S/C22H25N3O3S2/c1-24(17-10-4-2-5-11-17)21(26)16-29-22-23-19-14-8-9-15-20(19)25(22)30(27,28)18-12-6-3-7-13-18/h3,6-9,12-15,17H,2,4-5,10-11,16H2,1H3/p+1. The van der Waals surface area contributed by atoms with Crippen molar-refractivity contribution in [1.82, 2.24) is 9.88 Å². The summed E-state index contributed by atoms with van der Waals surface area (Å²) in [6, 6.07) is 15.9. The van der Waals surface area contributed by atoms with Gasteiger partial charge in [0.25, 0.3) is 0 Å². The van der Waals surface area contributed by atoms with Gasteiger partial charge in [-0.1, -0.05) is 49.6 Å². The van der Waals surface area contributed by atoms with Crippen LogP contribution < -0.4 is 3.97 Å². The zero-order chi connectivity index (χ0) is 21.1. The number of aromatic nitrogens is 2. The number of thioether (sulfide) groups is 1. The van der Waals surface area contributed by atoms with Crippen molar-refractivity contribution in [2.24, 2.45) is 0 Å². The summed E-state index contributed by atoms with van der Waals surface area (Å²) in [7, 11) is -1.94. The normalized spacial score (nSPS) is 15.4. The third kappa shape index (κ3) is 4.11. The fourth-order valence-electron chi connectivity index (χ4n) is 3.97. The molecule has 3 aromatic rings. The van der Waals surface area contributed by atoms with Gasteiger partial charge in [-0.3, -0.25) is 4.79 Å². The molecule has 0 atom stereocenters. The summed E-state index contributed by atoms with van der Waals surface area (Å²) < 4.78 is 28.1. The number of H-pyrrole nitrogens is 1. The molecule has 0 aliphatic heterocycles. The third-order valence-corrected chi connectivity index (χ3v) is 8.47. The number of hydrogen-bond donors (Lipinski definition) is 1. The number of carbonyl (C=O) groups is 1. The van der Waals surface area contributed by atoms with Crippen molar-refractivity contribution in [3.63, 3.8) is 0 Å². The molecule has 2 aromatic carbocycles. The van der Waals surface area contributed by atoms with Crippen LogP contribution in [0.25, 0.3) is 11.0 Å². The minimum Gasteiger partial charge on any atom is -0.342 e. The van der Waals surface area contributed by atoms with Gasteiger partial charge in [-0.25, -0.2) is 4.98 Å². The van der Waals surface area contributed by atoms with Gasteiger partial charge >= 0.3 is 15.2 Å². The summed E-state index contributed by atoms with van der Waals surface area (Å²) in [5.41, 5.74) is 1.28. The molecule has 0 bridgehead atoms. The first-order valence-electron chi connectivity index (χ1n) is 10.2. The lowest BCUT2D eigenvalue weighted by Crippen LogP contribution is -2.44. The Bertz CT molecular complexity index is 1140. The largest absolute Gasteiger partial charge is 0.342 e. The summed E-state index contributed by atoms with van der Waals surface area (Å²) in [6.45, 7) is 0. The number of imidazole rings is 1. The fraction of sp³-hybridized carbons (Fsp3) is 0.364. The molecule has 1 aliphatic carbocycles. The summed E-state index contributed by atoms with van der Waals surface area (Å²) in [6.07, 6.45) is 5.64. The van der Waals surface area contributed by atoms with Gasteiger partial charge in [0, 0.05) is 13.1 Å². The van der Waals surface area contributed by atoms with Crippen molar-refractivity contribution in [1.29, 1.82) is 0 Å². The Morgan fingerprint density at radius 3 is 2.47 bits per heavy atom. The highest BCUT2D eigenvalue weighted by Gasteiger charge is 2.32. The first-order valence-corrected chi connectivity index (χ1v) is 12.6. The van der Waals surface area contributed by atoms with Crippen molar-refractivity contribution in [2.45, 2.75) is 48.2 Å². The van der Waals surface area contributed by atoms with Crippen molar-refractivity contribution in [2.75, 3.05) is 12.8 Å². The molecule has 30 heavy (non-hydrogen) atoms. The zero-order valence-corrected chi connectivity index (χ0v) is 18.6. The molecular weight excluding hydrogens is 418 g/mol. The van der Waals surface area contributed by atoms with Crippen LogP contribution in [0.3, 0.4) is 0 Å². The van der Waals surface area contributed by atoms with E-state index >= 15 is 0 Å². The number of hydrogen-bond acceptors (Lipinski definition) is 4. The molecule has 0 unspecified atom stereocenters. The van der Waals surface area contributed by atoms with Crippen molar-refractivity contribution in [3.05, 3.63) is 54.6 Å². The van der Waals surface area contributed by atoms with Crippen LogP contribution >= 0.6 is 11.8 Å². The van der Waals surface area contributed by atoms with E-state index in [0.717, 1.165) is 25.7 Å². The van der Waals surface area contributed by atoms with Gasteiger partial charge < -0.3 is 4.90 Å². The van der Waals surface area contributed by atoms with E-state index in [-0.39, 0.29) is 22.6 Å². The summed E-state index contributed by atoms with van der Waals surface area (Å²) in [5.74, 6) is 0.207. The van der Waals surface area contributed by atoms with E-state index in [1.54, 1.807) is 36.4 Å². The van der Waals surface area contributed by atoms with Crippen LogP contribution in [-0.2, 0) is 14.8 Å². The maximum Gasteiger partial charge on any atom is 0.336 e. The Labute approximate surface area is 181 Å². The summed E-state index contributed by atoms with van der Waals surface area (Å²) in [4.78, 5) is 18.0. The lowest BCUT2D eigenvalue weighted by molar-refractivity contribution is -0.526. The molecule has 1 aliphatic rings. The van der Waals surface area contributed by atoms with Crippen LogP contribution in [0.4, 0.5) is 0 Å². The fourth-order valence-corrected chi connectivity index (χ4v) is 6.67. The first kappa shape index (κ1) is 20.9. The number of fused-ring (bicyclic) bond motifs is 1. The Kier molecular flexibility index (Phi) is 6.15. The number of para-hydroxylation sites is 2. The molecule has 1 fully saturated rings. The molecular formula is C22H26N3O3S2+. The van der Waals surface area contributed by atoms with Crippen LogP contribution in [-0.4, -0.2) is 43.1 Å². The molecule has 8 heteroatoms. The average Bonchev–Trinajstić information content (AvgIpc) is 3.17. The van der Waals surface area contributed by atoms with Crippen LogP contribution in [0.5, 0.6) is 0 Å². The average molecular weight is 445 g/mol. The molecule has 0 spiro atoms. The maximum atomic E-state index is 13.4. The number of amides is 1. The molecule has 1 N–H and O–H groups in total. The van der Waals surface area contributed by atoms with E-state index in [9.17, 15) is 13.2 Å². The van der Waals surface area contributed by atoms with Crippen LogP contribution in [0.2, 0.25) is 0 Å². The Balaban J connectivity index is 1.63. The van der Waals surface area contributed by atoms with Gasteiger partial charge in [0.1, 0.15) is 4.90 Å². The van der Waals surface area contributed by atoms with Crippen molar-refractivity contribution < 1.29 is 17.2 Å². The SMILES string of the molecule is CN(C(=O)CSc1[nH]c2ccccc2[n+]1S(=O)(=O)c1ccccc1)C1CCCCC1. The Hall–Kier alpha value is -2.32. The lowest BCUT2D eigenvalue weighted by atomic mass is 9.94. The molecule has 0 saturated heterocycles. The first-order chi connectivity index (χ1) is 14.5. The second-order valence-corrected chi connectivity index (χ2v) is 10.4. The molecule has 1 amide bonds. The lowest BCUT2D eigenvalue weighted by Gasteiger charge is -2.31. The van der Waals surface area contributed by atoms with E-state index in [1.165, 1.54) is 22.2 Å². The topological polar surface area (TPSA) is 74.1 Å². The summed E-state index contributed by atoms with van der Waals surface area (Å²) >= 11 is 1.23. The number of aromatic amines is 1. The number of nitrogens with one attached hydrogen (secondary N) is 1. The minimum atomic E-state index is -3.80. The molecule has 6 nitrogen and oxygen atoms in total. The van der Waals surface area contributed by atoms with Gasteiger partial charge in [-0.15, -0.1) is 3.97 Å². The molecule has 4 rings (SSSR count). The molecule has 1 saturated carbocycles. The minimum absolute atomic E-state index is 0.0224. The van der Waals surface area contributed by atoms with E-state index in [2.05, 4.69) is 4.98 Å². The van der Waals surface area contributed by atoms with Gasteiger partial charge in [-0.2, -0.15) is 8.42 Å². The Morgan fingerprint density at radius 1 is 1.07 bits per heavy atom. The van der Waals surface area contributed by atoms with E-state index < -0.39 is 10.0 Å². The van der Waals surface area contributed by atoms with Gasteiger partial charge in [-0.05, 0) is 48.9 Å². The van der Waals surface area contributed by atoms with Crippen LogP contribution in [0, 0.1) is 0 Å². The predicted octanol–water partition coefficient (Wildman–Crippen LogP) is 3.58. The second-order valence-electron chi connectivity index (χ2n) is 7.61. The maximum absolute atomic E-state index is 13.4. The van der Waals surface area contributed by atoms with Gasteiger partial charge in [0.05, 0.1) is 5.75 Å². The van der Waals surface area contributed by atoms with Crippen LogP contribution in [0.15, 0.2) is 64.6 Å². The quantitative estimate of drug-likeness (QED) is 0.466. The highest BCUT2D eigenvalue weighted by Crippen LogP contribution is 2.24. The van der Waals surface area contributed by atoms with Gasteiger partial charge in [0.15, 0.2) is 11.0 Å². The van der Waals surface area contributed by atoms with E-state index in [0.29, 0.717) is 16.2 Å². The number of nitrogens with zero attached hydrogens (tertiary/aromatic N) is 2. The number of carbonyl (C=O) groups excluding carboxylic acids is 1. The van der Waals surface area contributed by atoms with E-state index in [4.69, 9.17) is 0 Å². The number of rotatable bonds is 6. The predicted molar refractivity (Wildman–Crippen MR) is 118 cm³/mol. The molecule has 158 valence electrons. The highest BCUT2D eigenvalue weighted by molar-refractivity contribution is 8.00. The zero-order valence-electron chi connectivity index (χ0n) is 17.0. The summed E-state index contributed by atoms with van der Waals surface area (Å²) in [5, 5.41) is 0.436. The third-order valence-electron chi connectivity index (χ3n) is 5.68. The molecule has 1 aromatic heterocycles.